The van der Waals surface area contributed by atoms with Crippen molar-refractivity contribution in [3.8, 4) is 0 Å². The predicted molar refractivity (Wildman–Crippen MR) is 60.3 cm³/mol. The van der Waals surface area contributed by atoms with Crippen LogP contribution in [0.3, 0.4) is 0 Å². The van der Waals surface area contributed by atoms with Crippen molar-refractivity contribution < 1.29 is 0 Å². The molecule has 1 aromatic rings. The molecule has 1 aromatic heterocycles. The number of rotatable bonds is 4. The average molecular weight is 205 g/mol. The van der Waals surface area contributed by atoms with Crippen LogP contribution < -0.4 is 5.32 Å². The minimum atomic E-state index is 0.422. The van der Waals surface area contributed by atoms with Gasteiger partial charge in [-0.2, -0.15) is 0 Å². The van der Waals surface area contributed by atoms with Gasteiger partial charge in [-0.25, -0.2) is 9.97 Å². The lowest BCUT2D eigenvalue weighted by Gasteiger charge is -2.19. The molecule has 0 amide bonds. The van der Waals surface area contributed by atoms with E-state index in [-0.39, 0.29) is 0 Å². The van der Waals surface area contributed by atoms with Gasteiger partial charge in [0.05, 0.1) is 0 Å². The van der Waals surface area contributed by atoms with Crippen LogP contribution in [-0.2, 0) is 0 Å². The smallest absolute Gasteiger partial charge is 0.115 e. The molecule has 1 N–H and O–H groups in total. The van der Waals surface area contributed by atoms with Crippen molar-refractivity contribution in [3.63, 3.8) is 0 Å². The third kappa shape index (κ3) is 2.17. The van der Waals surface area contributed by atoms with Gasteiger partial charge in [0, 0.05) is 24.0 Å². The molecule has 3 heteroatoms. The summed E-state index contributed by atoms with van der Waals surface area (Å²) in [5, 5.41) is 3.54. The number of aromatic nitrogens is 2. The molecular formula is C12H19N3. The normalized spacial score (nSPS) is 24.9. The molecule has 2 atom stereocenters. The predicted octanol–water partition coefficient (Wildman–Crippen LogP) is 2.17. The summed E-state index contributed by atoms with van der Waals surface area (Å²) in [6, 6.07) is 0.422. The van der Waals surface area contributed by atoms with Crippen LogP contribution in [0.5, 0.6) is 0 Å². The van der Waals surface area contributed by atoms with Crippen molar-refractivity contribution in [2.24, 2.45) is 11.3 Å². The highest BCUT2D eigenvalue weighted by Crippen LogP contribution is 2.57. The van der Waals surface area contributed by atoms with Gasteiger partial charge in [0.2, 0.25) is 0 Å². The van der Waals surface area contributed by atoms with Crippen LogP contribution in [0.2, 0.25) is 0 Å². The zero-order valence-corrected chi connectivity index (χ0v) is 9.70. The fourth-order valence-electron chi connectivity index (χ4n) is 2.26. The minimum absolute atomic E-state index is 0.422. The topological polar surface area (TPSA) is 37.8 Å². The van der Waals surface area contributed by atoms with Gasteiger partial charge in [0.25, 0.3) is 0 Å². The SMILES string of the molecule is CCNC(c1cncnc1)C1CC1(C)C. The van der Waals surface area contributed by atoms with Crippen molar-refractivity contribution in [1.29, 1.82) is 0 Å². The molecule has 0 bridgehead atoms. The Labute approximate surface area is 91.3 Å². The first-order chi connectivity index (χ1) is 7.15. The molecular weight excluding hydrogens is 186 g/mol. The molecule has 1 heterocycles. The van der Waals surface area contributed by atoms with Crippen LogP contribution in [-0.4, -0.2) is 16.5 Å². The van der Waals surface area contributed by atoms with E-state index in [0.717, 1.165) is 12.5 Å². The monoisotopic (exact) mass is 205 g/mol. The highest BCUT2D eigenvalue weighted by molar-refractivity contribution is 5.16. The Bertz CT molecular complexity index is 321. The van der Waals surface area contributed by atoms with Crippen molar-refractivity contribution in [1.82, 2.24) is 15.3 Å². The maximum Gasteiger partial charge on any atom is 0.115 e. The molecule has 3 nitrogen and oxygen atoms in total. The Kier molecular flexibility index (Phi) is 2.74. The molecule has 1 saturated carbocycles. The summed E-state index contributed by atoms with van der Waals surface area (Å²) < 4.78 is 0. The zero-order chi connectivity index (χ0) is 10.9. The second-order valence-electron chi connectivity index (χ2n) is 5.01. The molecule has 2 unspecified atom stereocenters. The maximum atomic E-state index is 4.09. The summed E-state index contributed by atoms with van der Waals surface area (Å²) in [7, 11) is 0. The lowest BCUT2D eigenvalue weighted by atomic mass is 9.99. The summed E-state index contributed by atoms with van der Waals surface area (Å²) in [5.41, 5.74) is 1.69. The lowest BCUT2D eigenvalue weighted by molar-refractivity contribution is 0.422. The van der Waals surface area contributed by atoms with E-state index in [1.54, 1.807) is 6.33 Å². The first-order valence-electron chi connectivity index (χ1n) is 5.63. The largest absolute Gasteiger partial charge is 0.310 e. The summed E-state index contributed by atoms with van der Waals surface area (Å²) in [5.74, 6) is 0.725. The van der Waals surface area contributed by atoms with Crippen LogP contribution in [0.25, 0.3) is 0 Å². The third-order valence-electron chi connectivity index (χ3n) is 3.36. The molecule has 15 heavy (non-hydrogen) atoms. The summed E-state index contributed by atoms with van der Waals surface area (Å²) >= 11 is 0. The van der Waals surface area contributed by atoms with Gasteiger partial charge in [0.1, 0.15) is 6.33 Å². The maximum absolute atomic E-state index is 4.09. The quantitative estimate of drug-likeness (QED) is 0.818. The Hall–Kier alpha value is -0.960. The minimum Gasteiger partial charge on any atom is -0.310 e. The number of nitrogens with zero attached hydrogens (tertiary/aromatic N) is 2. The average Bonchev–Trinajstić information content (AvgIpc) is 2.85. The first-order valence-corrected chi connectivity index (χ1v) is 5.63. The van der Waals surface area contributed by atoms with E-state index in [1.165, 1.54) is 12.0 Å². The molecule has 0 aliphatic heterocycles. The summed E-state index contributed by atoms with van der Waals surface area (Å²) in [4.78, 5) is 8.19. The van der Waals surface area contributed by atoms with Crippen LogP contribution >= 0.6 is 0 Å². The molecule has 1 fully saturated rings. The van der Waals surface area contributed by atoms with E-state index in [2.05, 4.69) is 36.1 Å². The zero-order valence-electron chi connectivity index (χ0n) is 9.70. The molecule has 0 spiro atoms. The highest BCUT2D eigenvalue weighted by atomic mass is 14.9. The van der Waals surface area contributed by atoms with Crippen molar-refractivity contribution in [2.45, 2.75) is 33.2 Å². The highest BCUT2D eigenvalue weighted by Gasteiger charge is 2.50. The molecule has 82 valence electrons. The summed E-state index contributed by atoms with van der Waals surface area (Å²) in [6.45, 7) is 7.79. The molecule has 0 radical (unpaired) electrons. The fraction of sp³-hybridized carbons (Fsp3) is 0.667. The number of hydrogen-bond donors (Lipinski definition) is 1. The number of nitrogens with one attached hydrogen (secondary N) is 1. The first kappa shape index (κ1) is 10.6. The van der Waals surface area contributed by atoms with E-state index in [4.69, 9.17) is 0 Å². The molecule has 1 aliphatic rings. The Morgan fingerprint density at radius 3 is 2.53 bits per heavy atom. The lowest BCUT2D eigenvalue weighted by Crippen LogP contribution is -2.24. The Balaban J connectivity index is 2.15. The van der Waals surface area contributed by atoms with Gasteiger partial charge in [-0.05, 0) is 24.3 Å². The van der Waals surface area contributed by atoms with Gasteiger partial charge in [-0.3, -0.25) is 0 Å². The third-order valence-corrected chi connectivity index (χ3v) is 3.36. The van der Waals surface area contributed by atoms with E-state index in [1.807, 2.05) is 12.4 Å². The van der Waals surface area contributed by atoms with E-state index in [0.29, 0.717) is 11.5 Å². The summed E-state index contributed by atoms with van der Waals surface area (Å²) in [6.07, 6.45) is 6.73. The molecule has 0 aromatic carbocycles. The van der Waals surface area contributed by atoms with Crippen molar-refractivity contribution in [2.75, 3.05) is 6.54 Å². The van der Waals surface area contributed by atoms with Gasteiger partial charge in [-0.1, -0.05) is 20.8 Å². The van der Waals surface area contributed by atoms with Crippen LogP contribution in [0, 0.1) is 11.3 Å². The molecule has 0 saturated heterocycles. The van der Waals surface area contributed by atoms with Gasteiger partial charge >= 0.3 is 0 Å². The molecule has 1 aliphatic carbocycles. The standard InChI is InChI=1S/C12H19N3/c1-4-15-11(10-5-12(10,2)3)9-6-13-8-14-7-9/h6-8,10-11,15H,4-5H2,1-3H3. The second kappa shape index (κ2) is 3.89. The van der Waals surface area contributed by atoms with Crippen LogP contribution in [0.15, 0.2) is 18.7 Å². The number of hydrogen-bond acceptors (Lipinski definition) is 3. The Morgan fingerprint density at radius 2 is 2.07 bits per heavy atom. The van der Waals surface area contributed by atoms with Crippen LogP contribution in [0.4, 0.5) is 0 Å². The van der Waals surface area contributed by atoms with Crippen molar-refractivity contribution in [3.05, 3.63) is 24.3 Å². The van der Waals surface area contributed by atoms with E-state index >= 15 is 0 Å². The van der Waals surface area contributed by atoms with Gasteiger partial charge in [-0.15, -0.1) is 0 Å². The van der Waals surface area contributed by atoms with Crippen LogP contribution in [0.1, 0.15) is 38.8 Å². The van der Waals surface area contributed by atoms with Gasteiger partial charge < -0.3 is 5.32 Å². The van der Waals surface area contributed by atoms with E-state index < -0.39 is 0 Å². The molecule has 2 rings (SSSR count). The fourth-order valence-corrected chi connectivity index (χ4v) is 2.26. The van der Waals surface area contributed by atoms with E-state index in [9.17, 15) is 0 Å². The van der Waals surface area contributed by atoms with Crippen molar-refractivity contribution >= 4 is 0 Å². The Morgan fingerprint density at radius 1 is 1.47 bits per heavy atom. The van der Waals surface area contributed by atoms with Gasteiger partial charge in [0.15, 0.2) is 0 Å². The second-order valence-corrected chi connectivity index (χ2v) is 5.01.